The van der Waals surface area contributed by atoms with Crippen molar-refractivity contribution < 1.29 is 13.9 Å². The molecule has 1 atom stereocenters. The third kappa shape index (κ3) is 4.17. The fraction of sp³-hybridized carbons (Fsp3) is 0.286. The second-order valence-corrected chi connectivity index (χ2v) is 9.20. The lowest BCUT2D eigenvalue weighted by molar-refractivity contribution is -0.0292. The predicted octanol–water partition coefficient (Wildman–Crippen LogP) is 6.15. The molecule has 1 fully saturated rings. The maximum atomic E-state index is 14.4. The number of nitrogens with zero attached hydrogens (tertiary/aromatic N) is 2. The Hall–Kier alpha value is -3.71. The highest BCUT2D eigenvalue weighted by Gasteiger charge is 2.23. The van der Waals surface area contributed by atoms with Crippen molar-refractivity contribution in [3.8, 4) is 11.1 Å². The molecule has 7 heteroatoms. The van der Waals surface area contributed by atoms with Gasteiger partial charge in [0.2, 0.25) is 5.95 Å². The molecule has 2 aliphatic rings. The Morgan fingerprint density at radius 2 is 2.09 bits per heavy atom. The number of benzene rings is 2. The fourth-order valence-electron chi connectivity index (χ4n) is 5.12. The maximum Gasteiger partial charge on any atom is 0.257 e. The van der Waals surface area contributed by atoms with E-state index in [0.717, 1.165) is 60.9 Å². The number of anilines is 2. The topological polar surface area (TPSA) is 68.2 Å². The van der Waals surface area contributed by atoms with Gasteiger partial charge in [-0.3, -0.25) is 4.79 Å². The standard InChI is InChI=1S/C28H27FN4O2/c29-27-21(6-4-13-31-27)19-9-11-25-22(15-19)23(17-33(25)26-7-1-2-14-35-26)28(34)32-20-10-8-18-5-3-12-30-24(18)16-20/h4,6,8-11,13,15-17,26,30H,1-3,5,7,12,14H2,(H,32,34). The normalized spacial score (nSPS) is 17.6. The minimum absolute atomic E-state index is 0.123. The summed E-state index contributed by atoms with van der Waals surface area (Å²) in [7, 11) is 0. The number of halogens is 1. The smallest absolute Gasteiger partial charge is 0.257 e. The molecule has 2 aromatic heterocycles. The summed E-state index contributed by atoms with van der Waals surface area (Å²) in [6.45, 7) is 1.64. The van der Waals surface area contributed by atoms with Crippen molar-refractivity contribution in [1.82, 2.24) is 9.55 Å². The highest BCUT2D eigenvalue weighted by atomic mass is 19.1. The number of amides is 1. The first-order valence-corrected chi connectivity index (χ1v) is 12.2. The zero-order chi connectivity index (χ0) is 23.8. The molecule has 0 aliphatic carbocycles. The van der Waals surface area contributed by atoms with Crippen LogP contribution in [0.15, 0.2) is 60.9 Å². The molecular formula is C28H27FN4O2. The lowest BCUT2D eigenvalue weighted by Gasteiger charge is -2.24. The van der Waals surface area contributed by atoms with Gasteiger partial charge in [0.15, 0.2) is 0 Å². The van der Waals surface area contributed by atoms with Crippen LogP contribution in [0, 0.1) is 5.95 Å². The number of rotatable bonds is 4. The molecule has 2 N–H and O–H groups in total. The van der Waals surface area contributed by atoms with Crippen LogP contribution in [0.1, 0.15) is 47.8 Å². The molecule has 6 nitrogen and oxygen atoms in total. The van der Waals surface area contributed by atoms with Crippen LogP contribution in [0.2, 0.25) is 0 Å². The van der Waals surface area contributed by atoms with Crippen LogP contribution in [0.25, 0.3) is 22.0 Å². The first kappa shape index (κ1) is 21.8. The van der Waals surface area contributed by atoms with Crippen molar-refractivity contribution in [2.75, 3.05) is 23.8 Å². The van der Waals surface area contributed by atoms with E-state index in [1.807, 2.05) is 41.1 Å². The van der Waals surface area contributed by atoms with Crippen molar-refractivity contribution in [3.63, 3.8) is 0 Å². The van der Waals surface area contributed by atoms with Gasteiger partial charge < -0.3 is 19.9 Å². The number of fused-ring (bicyclic) bond motifs is 2. The van der Waals surface area contributed by atoms with Crippen LogP contribution in [0.5, 0.6) is 0 Å². The van der Waals surface area contributed by atoms with E-state index < -0.39 is 5.95 Å². The third-order valence-corrected chi connectivity index (χ3v) is 6.92. The SMILES string of the molecule is O=C(Nc1ccc2c(c1)NCCC2)c1cn(C2CCCCO2)c2ccc(-c3cccnc3F)cc12. The van der Waals surface area contributed by atoms with Crippen LogP contribution < -0.4 is 10.6 Å². The van der Waals surface area contributed by atoms with Gasteiger partial charge in [-0.2, -0.15) is 4.39 Å². The van der Waals surface area contributed by atoms with Gasteiger partial charge in [-0.15, -0.1) is 0 Å². The number of pyridine rings is 1. The number of carbonyl (C=O) groups excluding carboxylic acids is 1. The van der Waals surface area contributed by atoms with E-state index in [0.29, 0.717) is 23.3 Å². The van der Waals surface area contributed by atoms with Gasteiger partial charge in [0.1, 0.15) is 6.23 Å². The quantitative estimate of drug-likeness (QED) is 0.351. The van der Waals surface area contributed by atoms with Crippen LogP contribution in [0.3, 0.4) is 0 Å². The minimum Gasteiger partial charge on any atom is -0.385 e. The Bertz CT molecular complexity index is 1410. The fourth-order valence-corrected chi connectivity index (χ4v) is 5.12. The molecule has 6 rings (SSSR count). The van der Waals surface area contributed by atoms with E-state index in [1.54, 1.807) is 12.1 Å². The highest BCUT2D eigenvalue weighted by Crippen LogP contribution is 2.34. The summed E-state index contributed by atoms with van der Waals surface area (Å²) in [5.74, 6) is -0.737. The lowest BCUT2D eigenvalue weighted by Crippen LogP contribution is -2.17. The molecule has 0 radical (unpaired) electrons. The van der Waals surface area contributed by atoms with E-state index in [1.165, 1.54) is 11.8 Å². The first-order valence-electron chi connectivity index (χ1n) is 12.2. The monoisotopic (exact) mass is 470 g/mol. The van der Waals surface area contributed by atoms with Gasteiger partial charge >= 0.3 is 0 Å². The van der Waals surface area contributed by atoms with Gasteiger partial charge in [0.25, 0.3) is 5.91 Å². The van der Waals surface area contributed by atoms with Crippen molar-refractivity contribution in [1.29, 1.82) is 0 Å². The zero-order valence-electron chi connectivity index (χ0n) is 19.4. The molecule has 4 heterocycles. The number of nitrogens with one attached hydrogen (secondary N) is 2. The Labute approximate surface area is 203 Å². The Morgan fingerprint density at radius 1 is 1.14 bits per heavy atom. The number of ether oxygens (including phenoxy) is 1. The minimum atomic E-state index is -0.533. The summed E-state index contributed by atoms with van der Waals surface area (Å²) >= 11 is 0. The summed E-state index contributed by atoms with van der Waals surface area (Å²) in [5, 5.41) is 7.24. The lowest BCUT2D eigenvalue weighted by atomic mass is 10.0. The Balaban J connectivity index is 1.41. The summed E-state index contributed by atoms with van der Waals surface area (Å²) < 4.78 is 22.5. The van der Waals surface area contributed by atoms with E-state index >= 15 is 0 Å². The molecule has 178 valence electrons. The maximum absolute atomic E-state index is 14.4. The summed E-state index contributed by atoms with van der Waals surface area (Å²) in [5.41, 5.74) is 5.59. The van der Waals surface area contributed by atoms with Gasteiger partial charge in [-0.25, -0.2) is 4.98 Å². The number of hydrogen-bond donors (Lipinski definition) is 2. The molecule has 2 aromatic carbocycles. The van der Waals surface area contributed by atoms with Crippen LogP contribution in [0.4, 0.5) is 15.8 Å². The number of aromatic nitrogens is 2. The average molecular weight is 471 g/mol. The number of carbonyl (C=O) groups is 1. The van der Waals surface area contributed by atoms with E-state index in [-0.39, 0.29) is 12.1 Å². The summed E-state index contributed by atoms with van der Waals surface area (Å²) in [4.78, 5) is 17.3. The third-order valence-electron chi connectivity index (χ3n) is 6.92. The molecule has 1 amide bonds. The summed E-state index contributed by atoms with van der Waals surface area (Å²) in [6, 6.07) is 15.1. The van der Waals surface area contributed by atoms with Gasteiger partial charge in [0, 0.05) is 47.9 Å². The Kier molecular flexibility index (Phi) is 5.70. The molecular weight excluding hydrogens is 443 g/mol. The second-order valence-electron chi connectivity index (χ2n) is 9.20. The molecule has 1 saturated heterocycles. The van der Waals surface area contributed by atoms with Crippen molar-refractivity contribution >= 4 is 28.2 Å². The molecule has 35 heavy (non-hydrogen) atoms. The average Bonchev–Trinajstić information content (AvgIpc) is 3.28. The van der Waals surface area contributed by atoms with Crippen LogP contribution in [-0.2, 0) is 11.2 Å². The summed E-state index contributed by atoms with van der Waals surface area (Å²) in [6.07, 6.45) is 8.34. The largest absolute Gasteiger partial charge is 0.385 e. The molecule has 4 aromatic rings. The molecule has 0 bridgehead atoms. The van der Waals surface area contributed by atoms with Crippen LogP contribution >= 0.6 is 0 Å². The first-order chi connectivity index (χ1) is 17.2. The molecule has 0 saturated carbocycles. The van der Waals surface area contributed by atoms with Crippen molar-refractivity contribution in [3.05, 3.63) is 78.0 Å². The van der Waals surface area contributed by atoms with E-state index in [2.05, 4.69) is 21.7 Å². The van der Waals surface area contributed by atoms with Crippen molar-refractivity contribution in [2.45, 2.75) is 38.3 Å². The molecule has 0 spiro atoms. The number of hydrogen-bond acceptors (Lipinski definition) is 4. The van der Waals surface area contributed by atoms with E-state index in [4.69, 9.17) is 4.74 Å². The van der Waals surface area contributed by atoms with Crippen molar-refractivity contribution in [2.24, 2.45) is 0 Å². The molecule has 1 unspecified atom stereocenters. The predicted molar refractivity (Wildman–Crippen MR) is 135 cm³/mol. The highest BCUT2D eigenvalue weighted by molar-refractivity contribution is 6.13. The number of aryl methyl sites for hydroxylation is 1. The van der Waals surface area contributed by atoms with E-state index in [9.17, 15) is 9.18 Å². The van der Waals surface area contributed by atoms with Crippen LogP contribution in [-0.4, -0.2) is 28.6 Å². The second kappa shape index (κ2) is 9.15. The van der Waals surface area contributed by atoms with Gasteiger partial charge in [-0.1, -0.05) is 12.1 Å². The Morgan fingerprint density at radius 3 is 2.94 bits per heavy atom. The van der Waals surface area contributed by atoms with Gasteiger partial charge in [-0.05, 0) is 79.6 Å². The molecule has 2 aliphatic heterocycles. The zero-order valence-corrected chi connectivity index (χ0v) is 19.4. The van der Waals surface area contributed by atoms with Gasteiger partial charge in [0.05, 0.1) is 11.1 Å².